The second-order valence-corrected chi connectivity index (χ2v) is 9.01. The van der Waals surface area contributed by atoms with E-state index in [0.717, 1.165) is 25.2 Å². The third-order valence-corrected chi connectivity index (χ3v) is 6.64. The summed E-state index contributed by atoms with van der Waals surface area (Å²) in [6.07, 6.45) is 2.64. The summed E-state index contributed by atoms with van der Waals surface area (Å²) in [5, 5.41) is 8.07. The molecule has 1 amide bonds. The van der Waals surface area contributed by atoms with Gasteiger partial charge in [0, 0.05) is 47.7 Å². The van der Waals surface area contributed by atoms with E-state index in [9.17, 15) is 13.6 Å². The summed E-state index contributed by atoms with van der Waals surface area (Å²) >= 11 is 0. The fourth-order valence-electron chi connectivity index (χ4n) is 4.48. The molecule has 2 fully saturated rings. The zero-order valence-electron chi connectivity index (χ0n) is 19.0. The predicted octanol–water partition coefficient (Wildman–Crippen LogP) is 3.71. The van der Waals surface area contributed by atoms with Crippen LogP contribution in [0.3, 0.4) is 0 Å². The van der Waals surface area contributed by atoms with Gasteiger partial charge in [-0.2, -0.15) is 0 Å². The van der Waals surface area contributed by atoms with E-state index in [0.29, 0.717) is 47.4 Å². The molecule has 4 aromatic rings. The fourth-order valence-corrected chi connectivity index (χ4v) is 4.48. The Morgan fingerprint density at radius 2 is 1.97 bits per heavy atom. The molecule has 0 radical (unpaired) electrons. The Bertz CT molecular complexity index is 1430. The van der Waals surface area contributed by atoms with Gasteiger partial charge < -0.3 is 15.0 Å². The van der Waals surface area contributed by atoms with Crippen molar-refractivity contribution in [2.75, 3.05) is 36.5 Å². The van der Waals surface area contributed by atoms with Crippen molar-refractivity contribution >= 4 is 33.8 Å². The number of halogens is 2. The molecule has 2 atom stereocenters. The first-order valence-corrected chi connectivity index (χ1v) is 11.5. The quantitative estimate of drug-likeness (QED) is 0.466. The molecule has 0 spiro atoms. The number of pyridine rings is 3. The number of aromatic nitrogens is 5. The highest BCUT2D eigenvalue weighted by Crippen LogP contribution is 2.39. The molecule has 1 saturated heterocycles. The summed E-state index contributed by atoms with van der Waals surface area (Å²) in [7, 11) is 0. The number of nitrogens with zero attached hydrogens (tertiary/aromatic N) is 6. The third-order valence-electron chi connectivity index (χ3n) is 6.64. The van der Waals surface area contributed by atoms with Gasteiger partial charge in [-0.1, -0.05) is 6.92 Å². The van der Waals surface area contributed by atoms with E-state index in [1.807, 2.05) is 25.3 Å². The Morgan fingerprint density at radius 1 is 1.17 bits per heavy atom. The van der Waals surface area contributed by atoms with Crippen LogP contribution in [0.1, 0.15) is 25.5 Å². The molecular weight excluding hydrogens is 456 g/mol. The van der Waals surface area contributed by atoms with Gasteiger partial charge in [-0.3, -0.25) is 9.78 Å². The van der Waals surface area contributed by atoms with Gasteiger partial charge in [0.15, 0.2) is 11.5 Å². The van der Waals surface area contributed by atoms with Crippen molar-refractivity contribution in [2.24, 2.45) is 11.8 Å². The summed E-state index contributed by atoms with van der Waals surface area (Å²) in [6.45, 7) is 4.93. The molecule has 6 rings (SSSR count). The SMILES string of the molecule is C[C@@H]1C[C@@H]1C(=O)Nc1cc2c(-c3nc4ccc(N5CCOCC5)cn4n3)cnc(C(F)F)c2cn1. The number of rotatable bonds is 5. The Labute approximate surface area is 199 Å². The van der Waals surface area contributed by atoms with Crippen molar-refractivity contribution in [3.63, 3.8) is 0 Å². The summed E-state index contributed by atoms with van der Waals surface area (Å²) in [5.41, 5.74) is 1.73. The minimum Gasteiger partial charge on any atom is -0.378 e. The van der Waals surface area contributed by atoms with Crippen LogP contribution in [-0.2, 0) is 9.53 Å². The molecule has 0 aromatic carbocycles. The maximum atomic E-state index is 13.7. The monoisotopic (exact) mass is 479 g/mol. The number of hydrogen-bond donors (Lipinski definition) is 1. The van der Waals surface area contributed by atoms with Crippen molar-refractivity contribution < 1.29 is 18.3 Å². The zero-order valence-corrected chi connectivity index (χ0v) is 19.0. The zero-order chi connectivity index (χ0) is 24.1. The second-order valence-electron chi connectivity index (χ2n) is 9.01. The first-order valence-electron chi connectivity index (χ1n) is 11.5. The van der Waals surface area contributed by atoms with E-state index >= 15 is 0 Å². The van der Waals surface area contributed by atoms with Gasteiger partial charge in [0.25, 0.3) is 6.43 Å². The largest absolute Gasteiger partial charge is 0.378 e. The van der Waals surface area contributed by atoms with Crippen LogP contribution in [0.2, 0.25) is 0 Å². The number of morpholine rings is 1. The van der Waals surface area contributed by atoms with Gasteiger partial charge in [0.1, 0.15) is 11.5 Å². The molecule has 11 heteroatoms. The van der Waals surface area contributed by atoms with Crippen molar-refractivity contribution in [3.05, 3.63) is 42.5 Å². The average Bonchev–Trinajstić information content (AvgIpc) is 3.45. The first kappa shape index (κ1) is 21.8. The van der Waals surface area contributed by atoms with Crippen LogP contribution in [0.4, 0.5) is 20.3 Å². The fraction of sp³-hybridized carbons (Fsp3) is 0.375. The van der Waals surface area contributed by atoms with Crippen molar-refractivity contribution in [1.82, 2.24) is 24.6 Å². The van der Waals surface area contributed by atoms with E-state index in [2.05, 4.69) is 30.3 Å². The normalized spacial score (nSPS) is 20.1. The van der Waals surface area contributed by atoms with Crippen LogP contribution in [-0.4, -0.2) is 56.8 Å². The number of carbonyl (C=O) groups excluding carboxylic acids is 1. The maximum absolute atomic E-state index is 13.7. The maximum Gasteiger partial charge on any atom is 0.281 e. The molecule has 2 aliphatic rings. The van der Waals surface area contributed by atoms with Gasteiger partial charge in [-0.15, -0.1) is 5.10 Å². The third kappa shape index (κ3) is 4.05. The van der Waals surface area contributed by atoms with Gasteiger partial charge in [0.05, 0.1) is 25.1 Å². The average molecular weight is 479 g/mol. The molecule has 1 saturated carbocycles. The van der Waals surface area contributed by atoms with Crippen LogP contribution in [0, 0.1) is 11.8 Å². The molecule has 5 heterocycles. The molecule has 180 valence electrons. The molecule has 0 bridgehead atoms. The number of anilines is 2. The predicted molar refractivity (Wildman–Crippen MR) is 125 cm³/mol. The molecule has 1 N–H and O–H groups in total. The smallest absolute Gasteiger partial charge is 0.281 e. The minimum absolute atomic E-state index is 0.0400. The number of fused-ring (bicyclic) bond motifs is 2. The number of carbonyl (C=O) groups is 1. The highest BCUT2D eigenvalue weighted by Gasteiger charge is 2.39. The number of alkyl halides is 2. The summed E-state index contributed by atoms with van der Waals surface area (Å²) in [6, 6.07) is 5.44. The van der Waals surface area contributed by atoms with Crippen molar-refractivity contribution in [3.8, 4) is 11.4 Å². The van der Waals surface area contributed by atoms with Crippen molar-refractivity contribution in [1.29, 1.82) is 0 Å². The molecule has 0 unspecified atom stereocenters. The topological polar surface area (TPSA) is 97.5 Å². The Kier molecular flexibility index (Phi) is 5.28. The molecule has 9 nitrogen and oxygen atoms in total. The van der Waals surface area contributed by atoms with Crippen molar-refractivity contribution in [2.45, 2.75) is 19.8 Å². The van der Waals surface area contributed by atoms with Gasteiger partial charge in [0.2, 0.25) is 5.91 Å². The van der Waals surface area contributed by atoms with Gasteiger partial charge >= 0.3 is 0 Å². The Morgan fingerprint density at radius 3 is 2.71 bits per heavy atom. The lowest BCUT2D eigenvalue weighted by Gasteiger charge is -2.28. The second kappa shape index (κ2) is 8.49. The lowest BCUT2D eigenvalue weighted by atomic mass is 10.1. The number of amides is 1. The number of nitrogens with one attached hydrogen (secondary N) is 1. The number of ether oxygens (including phenoxy) is 1. The molecular formula is C24H23F2N7O2. The van der Waals surface area contributed by atoms with E-state index in [1.54, 1.807) is 10.6 Å². The van der Waals surface area contributed by atoms with Crippen LogP contribution in [0.15, 0.2) is 36.8 Å². The van der Waals surface area contributed by atoms with Gasteiger partial charge in [-0.05, 0) is 30.5 Å². The first-order chi connectivity index (χ1) is 17.0. The van der Waals surface area contributed by atoms with E-state index in [4.69, 9.17) is 4.74 Å². The lowest BCUT2D eigenvalue weighted by Crippen LogP contribution is -2.36. The van der Waals surface area contributed by atoms with Crippen LogP contribution >= 0.6 is 0 Å². The van der Waals surface area contributed by atoms with E-state index in [1.165, 1.54) is 12.4 Å². The summed E-state index contributed by atoms with van der Waals surface area (Å²) in [5.74, 6) is 0.830. The van der Waals surface area contributed by atoms with Gasteiger partial charge in [-0.25, -0.2) is 23.3 Å². The summed E-state index contributed by atoms with van der Waals surface area (Å²) < 4.78 is 34.5. The van der Waals surface area contributed by atoms with Crippen LogP contribution < -0.4 is 10.2 Å². The lowest BCUT2D eigenvalue weighted by molar-refractivity contribution is -0.117. The molecule has 1 aliphatic carbocycles. The van der Waals surface area contributed by atoms with Crippen LogP contribution in [0.5, 0.6) is 0 Å². The highest BCUT2D eigenvalue weighted by molar-refractivity contribution is 6.00. The number of hydrogen-bond acceptors (Lipinski definition) is 7. The molecule has 35 heavy (non-hydrogen) atoms. The molecule has 1 aliphatic heterocycles. The van der Waals surface area contributed by atoms with E-state index in [-0.39, 0.29) is 22.9 Å². The highest BCUT2D eigenvalue weighted by atomic mass is 19.3. The Balaban J connectivity index is 1.41. The Hall–Kier alpha value is -3.73. The standard InChI is InChI=1S/C24H23F2N7O2/c1-13-8-15(13)24(34)29-19-9-16-17(10-27-19)21(22(25)26)28-11-18(16)23-30-20-3-2-14(12-33(20)31-23)32-4-6-35-7-5-32/h2-3,9-13,15,22H,4-8H2,1H3,(H,27,29,34)/t13-,15+/m1/s1. The minimum atomic E-state index is -2.77. The van der Waals surface area contributed by atoms with E-state index < -0.39 is 6.43 Å². The molecule has 4 aromatic heterocycles. The van der Waals surface area contributed by atoms with Crippen LogP contribution in [0.25, 0.3) is 27.8 Å². The summed E-state index contributed by atoms with van der Waals surface area (Å²) in [4.78, 5) is 27.4.